The fourth-order valence-electron chi connectivity index (χ4n) is 3.85. The average molecular weight is 367 g/mol. The highest BCUT2D eigenvalue weighted by Crippen LogP contribution is 2.27. The molecular weight excluding hydrogens is 340 g/mol. The zero-order valence-electron chi connectivity index (χ0n) is 15.0. The van der Waals surface area contributed by atoms with E-state index in [2.05, 4.69) is 11.8 Å². The number of carbonyl (C=O) groups is 1. The normalized spacial score (nSPS) is 21.2. The first-order chi connectivity index (χ1) is 12.1. The Hall–Kier alpha value is -1.30. The van der Waals surface area contributed by atoms with Crippen LogP contribution in [-0.2, 0) is 4.74 Å². The second kappa shape index (κ2) is 8.39. The molecule has 25 heavy (non-hydrogen) atoms. The van der Waals surface area contributed by atoms with Crippen LogP contribution in [0.3, 0.4) is 0 Å². The van der Waals surface area contributed by atoms with Gasteiger partial charge in [0.1, 0.15) is 5.75 Å². The Morgan fingerprint density at radius 3 is 2.52 bits per heavy atom. The van der Waals surface area contributed by atoms with E-state index in [0.717, 1.165) is 52.2 Å². The van der Waals surface area contributed by atoms with Crippen molar-refractivity contribution >= 4 is 17.5 Å². The number of ether oxygens (including phenoxy) is 2. The van der Waals surface area contributed by atoms with Gasteiger partial charge in [0, 0.05) is 42.8 Å². The highest BCUT2D eigenvalue weighted by atomic mass is 35.5. The van der Waals surface area contributed by atoms with Gasteiger partial charge in [0.05, 0.1) is 20.3 Å². The van der Waals surface area contributed by atoms with Crippen molar-refractivity contribution in [3.05, 3.63) is 28.8 Å². The predicted molar refractivity (Wildman–Crippen MR) is 98.5 cm³/mol. The SMILES string of the molecule is COc1cc(Cl)cc(C(=O)N2CCC([C@@H](C)N3CCOCC3)CC2)c1. The lowest BCUT2D eigenvalue weighted by Crippen LogP contribution is -2.49. The maximum atomic E-state index is 12.8. The molecule has 1 aromatic carbocycles. The standard InChI is InChI=1S/C19H27ClN2O3/c1-14(21-7-9-25-10-8-21)15-3-5-22(6-4-15)19(23)16-11-17(20)13-18(12-16)24-2/h11-15H,3-10H2,1-2H3/t14-/m1/s1. The fraction of sp³-hybridized carbons (Fsp3) is 0.632. The van der Waals surface area contributed by atoms with Crippen LogP contribution in [0.1, 0.15) is 30.1 Å². The van der Waals surface area contributed by atoms with E-state index in [4.69, 9.17) is 21.1 Å². The lowest BCUT2D eigenvalue weighted by molar-refractivity contribution is -0.000952. The van der Waals surface area contributed by atoms with E-state index >= 15 is 0 Å². The number of rotatable bonds is 4. The van der Waals surface area contributed by atoms with Crippen LogP contribution in [0, 0.1) is 5.92 Å². The van der Waals surface area contributed by atoms with Crippen molar-refractivity contribution in [3.8, 4) is 5.75 Å². The van der Waals surface area contributed by atoms with Crippen LogP contribution in [0.15, 0.2) is 18.2 Å². The summed E-state index contributed by atoms with van der Waals surface area (Å²) in [6, 6.07) is 5.74. The molecule has 2 heterocycles. The molecule has 1 amide bonds. The highest BCUT2D eigenvalue weighted by molar-refractivity contribution is 6.31. The average Bonchev–Trinajstić information content (AvgIpc) is 2.67. The quantitative estimate of drug-likeness (QED) is 0.821. The summed E-state index contributed by atoms with van der Waals surface area (Å²) in [6.07, 6.45) is 2.09. The van der Waals surface area contributed by atoms with E-state index in [1.807, 2.05) is 4.90 Å². The van der Waals surface area contributed by atoms with E-state index in [9.17, 15) is 4.79 Å². The van der Waals surface area contributed by atoms with Crippen molar-refractivity contribution in [1.29, 1.82) is 0 Å². The van der Waals surface area contributed by atoms with Gasteiger partial charge < -0.3 is 14.4 Å². The van der Waals surface area contributed by atoms with Crippen molar-refractivity contribution in [1.82, 2.24) is 9.80 Å². The van der Waals surface area contributed by atoms with Crippen molar-refractivity contribution in [2.24, 2.45) is 5.92 Å². The van der Waals surface area contributed by atoms with Gasteiger partial charge in [-0.15, -0.1) is 0 Å². The number of morpholine rings is 1. The Morgan fingerprint density at radius 2 is 1.88 bits per heavy atom. The van der Waals surface area contributed by atoms with Crippen LogP contribution in [0.5, 0.6) is 5.75 Å². The number of carbonyl (C=O) groups excluding carboxylic acids is 1. The lowest BCUT2D eigenvalue weighted by atomic mass is 9.89. The Bertz CT molecular complexity index is 596. The molecule has 0 unspecified atom stereocenters. The Balaban J connectivity index is 1.58. The minimum atomic E-state index is 0.0401. The fourth-order valence-corrected chi connectivity index (χ4v) is 4.08. The molecule has 3 rings (SSSR count). The van der Waals surface area contributed by atoms with Crippen LogP contribution in [0.2, 0.25) is 5.02 Å². The number of hydrogen-bond acceptors (Lipinski definition) is 4. The van der Waals surface area contributed by atoms with Gasteiger partial charge in [-0.1, -0.05) is 11.6 Å². The minimum absolute atomic E-state index is 0.0401. The molecular formula is C19H27ClN2O3. The number of nitrogens with zero attached hydrogens (tertiary/aromatic N) is 2. The van der Waals surface area contributed by atoms with Crippen LogP contribution < -0.4 is 4.74 Å². The second-order valence-corrected chi connectivity index (χ2v) is 7.33. The molecule has 0 N–H and O–H groups in total. The molecule has 2 aliphatic rings. The maximum absolute atomic E-state index is 12.8. The van der Waals surface area contributed by atoms with Crippen LogP contribution in [-0.4, -0.2) is 68.3 Å². The second-order valence-electron chi connectivity index (χ2n) is 6.90. The molecule has 0 aromatic heterocycles. The number of hydrogen-bond donors (Lipinski definition) is 0. The highest BCUT2D eigenvalue weighted by Gasteiger charge is 2.30. The van der Waals surface area contributed by atoms with Crippen molar-refractivity contribution < 1.29 is 14.3 Å². The van der Waals surface area contributed by atoms with E-state index in [1.165, 1.54) is 0 Å². The van der Waals surface area contributed by atoms with Crippen LogP contribution in [0.4, 0.5) is 0 Å². The maximum Gasteiger partial charge on any atom is 0.254 e. The van der Waals surface area contributed by atoms with Gasteiger partial charge in [-0.3, -0.25) is 9.69 Å². The van der Waals surface area contributed by atoms with E-state index < -0.39 is 0 Å². The molecule has 2 saturated heterocycles. The van der Waals surface area contributed by atoms with Gasteiger partial charge >= 0.3 is 0 Å². The van der Waals surface area contributed by atoms with Gasteiger partial charge in [-0.05, 0) is 43.9 Å². The third-order valence-corrected chi connectivity index (χ3v) is 5.70. The molecule has 138 valence electrons. The van der Waals surface area contributed by atoms with Gasteiger partial charge in [0.15, 0.2) is 0 Å². The summed E-state index contributed by atoms with van der Waals surface area (Å²) in [6.45, 7) is 7.61. The zero-order chi connectivity index (χ0) is 17.8. The first kappa shape index (κ1) is 18.5. The summed E-state index contributed by atoms with van der Waals surface area (Å²) in [5, 5.41) is 0.526. The number of amides is 1. The van der Waals surface area contributed by atoms with Crippen molar-refractivity contribution in [3.63, 3.8) is 0 Å². The lowest BCUT2D eigenvalue weighted by Gasteiger charge is -2.41. The first-order valence-electron chi connectivity index (χ1n) is 9.04. The van der Waals surface area contributed by atoms with E-state index in [1.54, 1.807) is 25.3 Å². The third kappa shape index (κ3) is 4.46. The number of benzene rings is 1. The Kier molecular flexibility index (Phi) is 6.20. The molecule has 1 atom stereocenters. The summed E-state index contributed by atoms with van der Waals surface area (Å²) in [7, 11) is 1.58. The topological polar surface area (TPSA) is 42.0 Å². The molecule has 0 spiro atoms. The predicted octanol–water partition coefficient (Wildman–Crippen LogP) is 2.92. The Morgan fingerprint density at radius 1 is 1.20 bits per heavy atom. The molecule has 0 saturated carbocycles. The van der Waals surface area contributed by atoms with Crippen LogP contribution >= 0.6 is 11.6 Å². The monoisotopic (exact) mass is 366 g/mol. The number of piperidine rings is 1. The summed E-state index contributed by atoms with van der Waals surface area (Å²) in [5.74, 6) is 1.29. The smallest absolute Gasteiger partial charge is 0.254 e. The van der Waals surface area contributed by atoms with E-state index in [-0.39, 0.29) is 5.91 Å². The minimum Gasteiger partial charge on any atom is -0.497 e. The zero-order valence-corrected chi connectivity index (χ0v) is 15.8. The largest absolute Gasteiger partial charge is 0.497 e. The molecule has 1 aromatic rings. The first-order valence-corrected chi connectivity index (χ1v) is 9.42. The van der Waals surface area contributed by atoms with Crippen LogP contribution in [0.25, 0.3) is 0 Å². The van der Waals surface area contributed by atoms with Crippen molar-refractivity contribution in [2.75, 3.05) is 46.5 Å². The summed E-state index contributed by atoms with van der Waals surface area (Å²) < 4.78 is 10.7. The molecule has 0 radical (unpaired) electrons. The third-order valence-electron chi connectivity index (χ3n) is 5.48. The molecule has 2 aliphatic heterocycles. The molecule has 2 fully saturated rings. The number of likely N-dealkylation sites (tertiary alicyclic amines) is 1. The van der Waals surface area contributed by atoms with Gasteiger partial charge in [0.2, 0.25) is 0 Å². The molecule has 0 aliphatic carbocycles. The Labute approximate surface area is 154 Å². The van der Waals surface area contributed by atoms with Gasteiger partial charge in [-0.25, -0.2) is 0 Å². The summed E-state index contributed by atoms with van der Waals surface area (Å²) >= 11 is 6.10. The van der Waals surface area contributed by atoms with Gasteiger partial charge in [0.25, 0.3) is 5.91 Å². The summed E-state index contributed by atoms with van der Waals surface area (Å²) in [5.41, 5.74) is 0.601. The number of halogens is 1. The number of methoxy groups -OCH3 is 1. The molecule has 0 bridgehead atoms. The van der Waals surface area contributed by atoms with Crippen molar-refractivity contribution in [2.45, 2.75) is 25.8 Å². The molecule has 5 nitrogen and oxygen atoms in total. The van der Waals surface area contributed by atoms with Gasteiger partial charge in [-0.2, -0.15) is 0 Å². The van der Waals surface area contributed by atoms with E-state index in [0.29, 0.717) is 28.3 Å². The molecule has 6 heteroatoms. The summed E-state index contributed by atoms with van der Waals surface area (Å²) in [4.78, 5) is 17.2.